The third-order valence-corrected chi connectivity index (χ3v) is 8.64. The van der Waals surface area contributed by atoms with Crippen LogP contribution in [0.25, 0.3) is 0 Å². The maximum Gasteiger partial charge on any atom is 0.255 e. The van der Waals surface area contributed by atoms with Crippen molar-refractivity contribution in [3.05, 3.63) is 59.7 Å². The maximum absolute atomic E-state index is 13.2. The number of hydrogen-bond acceptors (Lipinski definition) is 5. The van der Waals surface area contributed by atoms with Crippen LogP contribution in [-0.4, -0.2) is 74.2 Å². The number of carbonyl (C=O) groups excluding carboxylic acids is 1. The van der Waals surface area contributed by atoms with Crippen LogP contribution in [0.1, 0.15) is 42.1 Å². The molecule has 33 heavy (non-hydrogen) atoms. The van der Waals surface area contributed by atoms with Gasteiger partial charge in [0.15, 0.2) is 0 Å². The Kier molecular flexibility index (Phi) is 7.48. The van der Waals surface area contributed by atoms with E-state index in [2.05, 4.69) is 28.2 Å². The van der Waals surface area contributed by atoms with Crippen LogP contribution < -0.4 is 5.32 Å². The molecule has 2 heterocycles. The Morgan fingerprint density at radius 2 is 1.76 bits per heavy atom. The molecule has 2 aliphatic heterocycles. The van der Waals surface area contributed by atoms with Crippen LogP contribution in [0.5, 0.6) is 0 Å². The summed E-state index contributed by atoms with van der Waals surface area (Å²) < 4.78 is 27.9. The Balaban J connectivity index is 1.45. The molecule has 4 rings (SSSR count). The quantitative estimate of drug-likeness (QED) is 0.702. The molecule has 2 aliphatic rings. The van der Waals surface area contributed by atoms with E-state index in [1.807, 2.05) is 25.1 Å². The minimum absolute atomic E-state index is 0.0238. The fourth-order valence-corrected chi connectivity index (χ4v) is 6.32. The molecule has 1 unspecified atom stereocenters. The van der Waals surface area contributed by atoms with Crippen LogP contribution in [0.2, 0.25) is 0 Å². The van der Waals surface area contributed by atoms with Gasteiger partial charge in [-0.1, -0.05) is 24.6 Å². The first-order valence-corrected chi connectivity index (χ1v) is 13.2. The first-order valence-electron chi connectivity index (χ1n) is 11.8. The third kappa shape index (κ3) is 5.81. The highest BCUT2D eigenvalue weighted by atomic mass is 32.2. The minimum Gasteiger partial charge on any atom is -0.322 e. The number of anilines is 1. The Morgan fingerprint density at radius 3 is 2.52 bits per heavy atom. The van der Waals surface area contributed by atoms with E-state index in [4.69, 9.17) is 0 Å². The van der Waals surface area contributed by atoms with E-state index in [1.54, 1.807) is 22.5 Å². The van der Waals surface area contributed by atoms with Gasteiger partial charge in [-0.3, -0.25) is 9.69 Å². The number of sulfonamides is 1. The predicted octanol–water partition coefficient (Wildman–Crippen LogP) is 3.25. The summed E-state index contributed by atoms with van der Waals surface area (Å²) in [5.41, 5.74) is 2.20. The lowest BCUT2D eigenvalue weighted by Gasteiger charge is -2.32. The zero-order valence-electron chi connectivity index (χ0n) is 19.5. The SMILES string of the molecule is CC1CCCCN1S(=O)(=O)c1cccc(C(=O)Nc2cccc(CN3CCN(C)CC3)c2)c1. The molecule has 2 fully saturated rings. The van der Waals surface area contributed by atoms with Gasteiger partial charge in [0.25, 0.3) is 5.91 Å². The van der Waals surface area contributed by atoms with E-state index in [9.17, 15) is 13.2 Å². The van der Waals surface area contributed by atoms with Crippen molar-refractivity contribution in [1.29, 1.82) is 0 Å². The number of piperazine rings is 1. The summed E-state index contributed by atoms with van der Waals surface area (Å²) in [5.74, 6) is -0.310. The van der Waals surface area contributed by atoms with Gasteiger partial charge < -0.3 is 10.2 Å². The standard InChI is InChI=1S/C25H34N4O3S/c1-20-7-3-4-12-29(20)33(31,32)24-11-6-9-22(18-24)25(30)26-23-10-5-8-21(17-23)19-28-15-13-27(2)14-16-28/h5-6,8-11,17-18,20H,3-4,7,12-16,19H2,1-2H3,(H,26,30). The molecule has 8 heteroatoms. The highest BCUT2D eigenvalue weighted by Gasteiger charge is 2.31. The van der Waals surface area contributed by atoms with E-state index in [-0.39, 0.29) is 16.8 Å². The van der Waals surface area contributed by atoms with Crippen molar-refractivity contribution in [2.45, 2.75) is 43.7 Å². The topological polar surface area (TPSA) is 73.0 Å². The molecular weight excluding hydrogens is 436 g/mol. The summed E-state index contributed by atoms with van der Waals surface area (Å²) in [6, 6.07) is 14.2. The molecule has 1 amide bonds. The molecule has 0 aliphatic carbocycles. The van der Waals surface area contributed by atoms with Gasteiger partial charge in [0.2, 0.25) is 10.0 Å². The van der Waals surface area contributed by atoms with Crippen LogP contribution >= 0.6 is 0 Å². The average molecular weight is 471 g/mol. The number of benzene rings is 2. The first-order chi connectivity index (χ1) is 15.8. The highest BCUT2D eigenvalue weighted by Crippen LogP contribution is 2.26. The molecule has 0 aromatic heterocycles. The van der Waals surface area contributed by atoms with Gasteiger partial charge in [0.1, 0.15) is 0 Å². The number of rotatable bonds is 6. The Labute approximate surface area is 197 Å². The van der Waals surface area contributed by atoms with Crippen molar-refractivity contribution in [1.82, 2.24) is 14.1 Å². The number of likely N-dealkylation sites (N-methyl/N-ethyl adjacent to an activating group) is 1. The number of hydrogen-bond donors (Lipinski definition) is 1. The van der Waals surface area contributed by atoms with E-state index in [0.29, 0.717) is 17.8 Å². The predicted molar refractivity (Wildman–Crippen MR) is 131 cm³/mol. The highest BCUT2D eigenvalue weighted by molar-refractivity contribution is 7.89. The van der Waals surface area contributed by atoms with Crippen molar-refractivity contribution in [2.75, 3.05) is 45.1 Å². The van der Waals surface area contributed by atoms with Crippen LogP contribution in [0, 0.1) is 0 Å². The van der Waals surface area contributed by atoms with Gasteiger partial charge in [0.05, 0.1) is 4.90 Å². The summed E-state index contributed by atoms with van der Waals surface area (Å²) in [7, 11) is -1.48. The summed E-state index contributed by atoms with van der Waals surface area (Å²) in [4.78, 5) is 17.8. The molecule has 7 nitrogen and oxygen atoms in total. The number of piperidine rings is 1. The fourth-order valence-electron chi connectivity index (χ4n) is 4.58. The maximum atomic E-state index is 13.2. The molecule has 0 saturated carbocycles. The van der Waals surface area contributed by atoms with Crippen molar-refractivity contribution in [2.24, 2.45) is 0 Å². The van der Waals surface area contributed by atoms with E-state index >= 15 is 0 Å². The fraction of sp³-hybridized carbons (Fsp3) is 0.480. The summed E-state index contributed by atoms with van der Waals surface area (Å²) in [5, 5.41) is 2.94. The summed E-state index contributed by atoms with van der Waals surface area (Å²) >= 11 is 0. The number of nitrogens with zero attached hydrogens (tertiary/aromatic N) is 3. The zero-order chi connectivity index (χ0) is 23.4. The van der Waals surface area contributed by atoms with Crippen molar-refractivity contribution >= 4 is 21.6 Å². The van der Waals surface area contributed by atoms with E-state index < -0.39 is 10.0 Å². The second kappa shape index (κ2) is 10.3. The second-order valence-electron chi connectivity index (χ2n) is 9.22. The Bertz CT molecular complexity index is 1080. The van der Waals surface area contributed by atoms with Crippen LogP contribution in [0.4, 0.5) is 5.69 Å². The largest absolute Gasteiger partial charge is 0.322 e. The van der Waals surface area contributed by atoms with Gasteiger partial charge in [-0.25, -0.2) is 8.42 Å². The molecule has 0 radical (unpaired) electrons. The van der Waals surface area contributed by atoms with Crippen LogP contribution in [0.15, 0.2) is 53.4 Å². The van der Waals surface area contributed by atoms with E-state index in [1.165, 1.54) is 6.07 Å². The molecule has 2 aromatic carbocycles. The van der Waals surface area contributed by atoms with Crippen molar-refractivity contribution in [3.8, 4) is 0 Å². The van der Waals surface area contributed by atoms with Gasteiger partial charge in [-0.2, -0.15) is 4.31 Å². The molecule has 2 aromatic rings. The monoisotopic (exact) mass is 470 g/mol. The molecule has 178 valence electrons. The normalized spacial score (nSPS) is 21.1. The lowest BCUT2D eigenvalue weighted by atomic mass is 10.1. The lowest BCUT2D eigenvalue weighted by molar-refractivity contribution is 0.102. The first kappa shape index (κ1) is 23.9. The molecule has 1 N–H and O–H groups in total. The van der Waals surface area contributed by atoms with Crippen molar-refractivity contribution < 1.29 is 13.2 Å². The lowest BCUT2D eigenvalue weighted by Crippen LogP contribution is -2.43. The number of amides is 1. The second-order valence-corrected chi connectivity index (χ2v) is 11.1. The summed E-state index contributed by atoms with van der Waals surface area (Å²) in [6.07, 6.45) is 2.78. The number of nitrogens with one attached hydrogen (secondary N) is 1. The molecule has 1 atom stereocenters. The minimum atomic E-state index is -3.62. The van der Waals surface area contributed by atoms with Gasteiger partial charge in [-0.05, 0) is 62.7 Å². The molecule has 2 saturated heterocycles. The molecular formula is C25H34N4O3S. The van der Waals surface area contributed by atoms with Crippen molar-refractivity contribution in [3.63, 3.8) is 0 Å². The van der Waals surface area contributed by atoms with Crippen LogP contribution in [-0.2, 0) is 16.6 Å². The third-order valence-electron chi connectivity index (χ3n) is 6.63. The van der Waals surface area contributed by atoms with E-state index in [0.717, 1.165) is 57.5 Å². The van der Waals surface area contributed by atoms with Gasteiger partial charge in [0, 0.05) is 56.6 Å². The zero-order valence-corrected chi connectivity index (χ0v) is 20.4. The van der Waals surface area contributed by atoms with Crippen LogP contribution in [0.3, 0.4) is 0 Å². The molecule has 0 spiro atoms. The Morgan fingerprint density at radius 1 is 1.00 bits per heavy atom. The average Bonchev–Trinajstić information content (AvgIpc) is 2.81. The smallest absolute Gasteiger partial charge is 0.255 e. The summed E-state index contributed by atoms with van der Waals surface area (Å²) in [6.45, 7) is 7.51. The number of carbonyl (C=O) groups is 1. The Hall–Kier alpha value is -2.26. The van der Waals surface area contributed by atoms with Gasteiger partial charge >= 0.3 is 0 Å². The van der Waals surface area contributed by atoms with Gasteiger partial charge in [-0.15, -0.1) is 0 Å². The molecule has 0 bridgehead atoms.